The van der Waals surface area contributed by atoms with Gasteiger partial charge in [0, 0.05) is 60.3 Å². The molecule has 8 aromatic carbocycles. The minimum Gasteiger partial charge on any atom is -0.456 e. The van der Waals surface area contributed by atoms with Gasteiger partial charge in [0.25, 0.3) is 0 Å². The Bertz CT molecular complexity index is 3530. The fraction of sp³-hybridized carbons (Fsp3) is 0. The van der Waals surface area contributed by atoms with Crippen molar-refractivity contribution in [2.45, 2.75) is 0 Å². The maximum atomic E-state index is 6.53. The monoisotopic (exact) mass is 730 g/mol. The van der Waals surface area contributed by atoms with Gasteiger partial charge in [-0.3, -0.25) is 0 Å². The second-order valence-corrected chi connectivity index (χ2v) is 14.4. The average Bonchev–Trinajstić information content (AvgIpc) is 3.96. The average molecular weight is 731 g/mol. The van der Waals surface area contributed by atoms with Gasteiger partial charge in [0.15, 0.2) is 17.5 Å². The Morgan fingerprint density at radius 2 is 0.982 bits per heavy atom. The molecule has 0 atom stereocenters. The summed E-state index contributed by atoms with van der Waals surface area (Å²) in [5, 5.41) is 6.57. The van der Waals surface area contributed by atoms with E-state index in [2.05, 4.69) is 120 Å². The first-order valence-corrected chi connectivity index (χ1v) is 19.0. The van der Waals surface area contributed by atoms with Crippen molar-refractivity contribution in [1.29, 1.82) is 0 Å². The Morgan fingerprint density at radius 1 is 0.351 bits per heavy atom. The molecule has 0 saturated heterocycles. The summed E-state index contributed by atoms with van der Waals surface area (Å²) in [6.07, 6.45) is 0. The summed E-state index contributed by atoms with van der Waals surface area (Å²) in [5.41, 5.74) is 11.4. The van der Waals surface area contributed by atoms with Crippen molar-refractivity contribution in [1.82, 2.24) is 19.5 Å². The Labute approximate surface area is 325 Å². The summed E-state index contributed by atoms with van der Waals surface area (Å²) in [7, 11) is 0. The van der Waals surface area contributed by atoms with Crippen molar-refractivity contribution in [3.05, 3.63) is 182 Å². The van der Waals surface area contributed by atoms with Crippen molar-refractivity contribution in [2.75, 3.05) is 0 Å². The minimum absolute atomic E-state index is 0.567. The Kier molecular flexibility index (Phi) is 6.83. The van der Waals surface area contributed by atoms with E-state index in [1.807, 2.05) is 66.7 Å². The number of furan rings is 2. The van der Waals surface area contributed by atoms with E-state index in [9.17, 15) is 0 Å². The predicted octanol–water partition coefficient (Wildman–Crippen LogP) is 13.4. The quantitative estimate of drug-likeness (QED) is 0.176. The van der Waals surface area contributed by atoms with Gasteiger partial charge in [-0.1, -0.05) is 127 Å². The maximum Gasteiger partial charge on any atom is 0.166 e. The van der Waals surface area contributed by atoms with Gasteiger partial charge in [-0.15, -0.1) is 0 Å². The lowest BCUT2D eigenvalue weighted by molar-refractivity contribution is 0.668. The molecule has 6 heteroatoms. The number of para-hydroxylation sites is 5. The van der Waals surface area contributed by atoms with E-state index >= 15 is 0 Å². The highest BCUT2D eigenvalue weighted by molar-refractivity contribution is 6.14. The molecular formula is C51H30N4O2. The van der Waals surface area contributed by atoms with Gasteiger partial charge < -0.3 is 13.4 Å². The van der Waals surface area contributed by atoms with E-state index in [1.54, 1.807) is 0 Å². The Hall–Kier alpha value is -7.83. The molecule has 57 heavy (non-hydrogen) atoms. The zero-order valence-corrected chi connectivity index (χ0v) is 30.4. The number of benzene rings is 8. The molecular weight excluding hydrogens is 701 g/mol. The molecule has 0 saturated carbocycles. The van der Waals surface area contributed by atoms with Crippen molar-refractivity contribution < 1.29 is 8.83 Å². The molecule has 266 valence electrons. The highest BCUT2D eigenvalue weighted by Crippen LogP contribution is 2.41. The molecule has 4 heterocycles. The maximum absolute atomic E-state index is 6.53. The lowest BCUT2D eigenvalue weighted by Gasteiger charge is -2.12. The van der Waals surface area contributed by atoms with Gasteiger partial charge in [0.1, 0.15) is 22.3 Å². The van der Waals surface area contributed by atoms with Crippen LogP contribution < -0.4 is 0 Å². The summed E-state index contributed by atoms with van der Waals surface area (Å²) in [4.78, 5) is 15.5. The van der Waals surface area contributed by atoms with Crippen LogP contribution in [0.25, 0.3) is 117 Å². The first kappa shape index (κ1) is 31.5. The molecule has 0 aliphatic carbocycles. The number of fused-ring (bicyclic) bond motifs is 9. The molecule has 12 aromatic rings. The largest absolute Gasteiger partial charge is 0.456 e. The van der Waals surface area contributed by atoms with Gasteiger partial charge in [-0.25, -0.2) is 15.0 Å². The second-order valence-electron chi connectivity index (χ2n) is 14.4. The third-order valence-electron chi connectivity index (χ3n) is 11.1. The molecule has 0 spiro atoms. The zero-order chi connectivity index (χ0) is 37.5. The van der Waals surface area contributed by atoms with Gasteiger partial charge in [-0.05, 0) is 60.2 Å². The van der Waals surface area contributed by atoms with Crippen molar-refractivity contribution in [2.24, 2.45) is 0 Å². The molecule has 0 radical (unpaired) electrons. The van der Waals surface area contributed by atoms with Crippen LogP contribution in [0.5, 0.6) is 0 Å². The molecule has 0 unspecified atom stereocenters. The van der Waals surface area contributed by atoms with E-state index in [1.165, 1.54) is 5.39 Å². The molecule has 6 nitrogen and oxygen atoms in total. The van der Waals surface area contributed by atoms with Crippen LogP contribution in [0.15, 0.2) is 191 Å². The van der Waals surface area contributed by atoms with E-state index < -0.39 is 0 Å². The molecule has 0 aliphatic heterocycles. The summed E-state index contributed by atoms with van der Waals surface area (Å²) in [6, 6.07) is 62.6. The third kappa shape index (κ3) is 4.94. The van der Waals surface area contributed by atoms with Gasteiger partial charge in [-0.2, -0.15) is 0 Å². The standard InChI is InChI=1S/C51H30N4O2/c1-3-13-31(14-4-1)49-52-50(54-51(53-49)41-22-12-20-39-36-17-7-9-23-43(36)55(47(39)41)34-15-5-2-6-16-34)33-25-27-38-42-29-32(26-28-45(42)56-46(38)30-33)35-19-11-21-40-37-18-8-10-24-44(37)57-48(35)40/h1-30H. The van der Waals surface area contributed by atoms with E-state index in [0.717, 1.165) is 93.8 Å². The first-order valence-electron chi connectivity index (χ1n) is 19.0. The Morgan fingerprint density at radius 3 is 1.84 bits per heavy atom. The molecule has 12 rings (SSSR count). The van der Waals surface area contributed by atoms with Crippen LogP contribution in [0.1, 0.15) is 0 Å². The predicted molar refractivity (Wildman–Crippen MR) is 230 cm³/mol. The van der Waals surface area contributed by atoms with Gasteiger partial charge >= 0.3 is 0 Å². The number of aromatic nitrogens is 4. The first-order chi connectivity index (χ1) is 28.2. The second kappa shape index (κ2) is 12.3. The summed E-state index contributed by atoms with van der Waals surface area (Å²) < 4.78 is 15.2. The molecule has 0 fully saturated rings. The molecule has 0 bridgehead atoms. The molecule has 0 aliphatic rings. The smallest absolute Gasteiger partial charge is 0.166 e. The number of rotatable bonds is 5. The summed E-state index contributed by atoms with van der Waals surface area (Å²) in [5.74, 6) is 1.76. The van der Waals surface area contributed by atoms with Crippen LogP contribution in [-0.2, 0) is 0 Å². The van der Waals surface area contributed by atoms with Crippen LogP contribution in [0, 0.1) is 0 Å². The van der Waals surface area contributed by atoms with Crippen LogP contribution in [-0.4, -0.2) is 19.5 Å². The molecule has 0 amide bonds. The highest BCUT2D eigenvalue weighted by Gasteiger charge is 2.21. The number of hydrogen-bond donors (Lipinski definition) is 0. The molecule has 4 aromatic heterocycles. The van der Waals surface area contributed by atoms with E-state index in [-0.39, 0.29) is 0 Å². The summed E-state index contributed by atoms with van der Waals surface area (Å²) >= 11 is 0. The fourth-order valence-corrected chi connectivity index (χ4v) is 8.44. The van der Waals surface area contributed by atoms with Crippen LogP contribution in [0.2, 0.25) is 0 Å². The normalized spacial score (nSPS) is 11.9. The van der Waals surface area contributed by atoms with Crippen LogP contribution >= 0.6 is 0 Å². The van der Waals surface area contributed by atoms with Crippen molar-refractivity contribution >= 4 is 65.7 Å². The van der Waals surface area contributed by atoms with E-state index in [0.29, 0.717) is 17.5 Å². The summed E-state index contributed by atoms with van der Waals surface area (Å²) in [6.45, 7) is 0. The third-order valence-corrected chi connectivity index (χ3v) is 11.1. The fourth-order valence-electron chi connectivity index (χ4n) is 8.44. The molecule has 0 N–H and O–H groups in total. The van der Waals surface area contributed by atoms with Crippen LogP contribution in [0.3, 0.4) is 0 Å². The number of nitrogens with zero attached hydrogens (tertiary/aromatic N) is 4. The highest BCUT2D eigenvalue weighted by atomic mass is 16.3. The lowest BCUT2D eigenvalue weighted by Crippen LogP contribution is -2.02. The zero-order valence-electron chi connectivity index (χ0n) is 30.4. The topological polar surface area (TPSA) is 69.9 Å². The minimum atomic E-state index is 0.567. The van der Waals surface area contributed by atoms with E-state index in [4.69, 9.17) is 23.8 Å². The SMILES string of the molecule is c1ccc(-c2nc(-c3ccc4c(c3)oc3ccc(-c5cccc6c5oc5ccccc56)cc34)nc(-c3cccc4c5ccccc5n(-c5ccccc5)c34)n2)cc1. The van der Waals surface area contributed by atoms with Crippen molar-refractivity contribution in [3.63, 3.8) is 0 Å². The lowest BCUT2D eigenvalue weighted by atomic mass is 10.00. The van der Waals surface area contributed by atoms with Crippen molar-refractivity contribution in [3.8, 4) is 51.0 Å². The van der Waals surface area contributed by atoms with Gasteiger partial charge in [0.2, 0.25) is 0 Å². The Balaban J connectivity index is 1.03. The van der Waals surface area contributed by atoms with Gasteiger partial charge in [0.05, 0.1) is 11.0 Å². The number of hydrogen-bond acceptors (Lipinski definition) is 5. The van der Waals surface area contributed by atoms with Crippen LogP contribution in [0.4, 0.5) is 0 Å².